The van der Waals surface area contributed by atoms with Crippen molar-refractivity contribution in [3.63, 3.8) is 0 Å². The van der Waals surface area contributed by atoms with Crippen LogP contribution in [0.1, 0.15) is 0 Å². The van der Waals surface area contributed by atoms with E-state index in [0.29, 0.717) is 6.10 Å². The van der Waals surface area contributed by atoms with Crippen LogP contribution in [0.3, 0.4) is 0 Å². The Morgan fingerprint density at radius 2 is 2.53 bits per heavy atom. The fourth-order valence-corrected chi connectivity index (χ4v) is 2.19. The van der Waals surface area contributed by atoms with Gasteiger partial charge in [0, 0.05) is 37.7 Å². The van der Waals surface area contributed by atoms with Crippen molar-refractivity contribution < 1.29 is 4.74 Å². The summed E-state index contributed by atoms with van der Waals surface area (Å²) in [6, 6.07) is 0. The monoisotopic (exact) mass is 230 g/mol. The number of morpholine rings is 1. The van der Waals surface area contributed by atoms with Gasteiger partial charge in [-0.15, -0.1) is 6.58 Å². The van der Waals surface area contributed by atoms with Crippen LogP contribution in [0.15, 0.2) is 12.7 Å². The molecule has 0 aromatic rings. The summed E-state index contributed by atoms with van der Waals surface area (Å²) in [5.41, 5.74) is 0. The molecule has 0 amide bonds. The third kappa shape index (κ3) is 6.20. The summed E-state index contributed by atoms with van der Waals surface area (Å²) in [5.74, 6) is 2.19. The van der Waals surface area contributed by atoms with Crippen molar-refractivity contribution >= 4 is 11.8 Å². The first-order valence-corrected chi connectivity index (χ1v) is 6.68. The second kappa shape index (κ2) is 8.16. The average Bonchev–Trinajstić information content (AvgIpc) is 2.23. The van der Waals surface area contributed by atoms with Crippen LogP contribution < -0.4 is 5.32 Å². The predicted octanol–water partition coefficient (Wildman–Crippen LogP) is 0.826. The van der Waals surface area contributed by atoms with Gasteiger partial charge >= 0.3 is 0 Å². The van der Waals surface area contributed by atoms with E-state index in [9.17, 15) is 0 Å². The van der Waals surface area contributed by atoms with Crippen LogP contribution in [0.25, 0.3) is 0 Å². The Morgan fingerprint density at radius 1 is 1.67 bits per heavy atom. The molecule has 1 atom stereocenters. The van der Waals surface area contributed by atoms with Crippen LogP contribution in [0.2, 0.25) is 0 Å². The van der Waals surface area contributed by atoms with E-state index in [1.165, 1.54) is 0 Å². The van der Waals surface area contributed by atoms with Gasteiger partial charge in [0.1, 0.15) is 0 Å². The summed E-state index contributed by atoms with van der Waals surface area (Å²) < 4.78 is 5.65. The molecule has 15 heavy (non-hydrogen) atoms. The fraction of sp³-hybridized carbons (Fsp3) is 0.818. The molecular weight excluding hydrogens is 208 g/mol. The third-order valence-corrected chi connectivity index (χ3v) is 3.34. The van der Waals surface area contributed by atoms with Crippen molar-refractivity contribution in [3.8, 4) is 0 Å². The van der Waals surface area contributed by atoms with E-state index in [-0.39, 0.29) is 0 Å². The number of hydrogen-bond acceptors (Lipinski definition) is 4. The Balaban J connectivity index is 1.92. The minimum atomic E-state index is 0.369. The minimum Gasteiger partial charge on any atom is -0.374 e. The Hall–Kier alpha value is -0.0300. The molecule has 0 radical (unpaired) electrons. The molecule has 88 valence electrons. The lowest BCUT2D eigenvalue weighted by molar-refractivity contribution is -0.0177. The Labute approximate surface area is 97.2 Å². The SMILES string of the molecule is C=CCSCCNCC1CN(C)CCO1. The van der Waals surface area contributed by atoms with Gasteiger partial charge in [-0.05, 0) is 7.05 Å². The molecule has 1 rings (SSSR count). The summed E-state index contributed by atoms with van der Waals surface area (Å²) in [5, 5.41) is 3.43. The molecule has 0 aliphatic carbocycles. The van der Waals surface area contributed by atoms with E-state index >= 15 is 0 Å². The molecule has 0 aromatic carbocycles. The molecule has 0 saturated carbocycles. The maximum absolute atomic E-state index is 5.65. The van der Waals surface area contributed by atoms with Gasteiger partial charge < -0.3 is 15.0 Å². The summed E-state index contributed by atoms with van der Waals surface area (Å²) in [6.07, 6.45) is 2.32. The first kappa shape index (κ1) is 13.0. The van der Waals surface area contributed by atoms with Gasteiger partial charge in [-0.2, -0.15) is 11.8 Å². The summed E-state index contributed by atoms with van der Waals surface area (Å²) in [6.45, 7) is 8.70. The number of hydrogen-bond donors (Lipinski definition) is 1. The average molecular weight is 230 g/mol. The van der Waals surface area contributed by atoms with Gasteiger partial charge in [-0.1, -0.05) is 6.08 Å². The molecule has 1 fully saturated rings. The maximum Gasteiger partial charge on any atom is 0.0826 e. The maximum atomic E-state index is 5.65. The number of nitrogens with zero attached hydrogens (tertiary/aromatic N) is 1. The highest BCUT2D eigenvalue weighted by Gasteiger charge is 2.16. The molecule has 4 heteroatoms. The van der Waals surface area contributed by atoms with Crippen molar-refractivity contribution in [1.29, 1.82) is 0 Å². The van der Waals surface area contributed by atoms with E-state index in [1.807, 2.05) is 17.8 Å². The van der Waals surface area contributed by atoms with Crippen molar-refractivity contribution in [1.82, 2.24) is 10.2 Å². The molecule has 1 heterocycles. The van der Waals surface area contributed by atoms with E-state index in [4.69, 9.17) is 4.74 Å². The number of nitrogens with one attached hydrogen (secondary N) is 1. The second-order valence-corrected chi connectivity index (χ2v) is 4.97. The fourth-order valence-electron chi connectivity index (χ4n) is 1.56. The molecule has 0 aromatic heterocycles. The van der Waals surface area contributed by atoms with Crippen LogP contribution in [0.5, 0.6) is 0 Å². The molecular formula is C11H22N2OS. The van der Waals surface area contributed by atoms with Gasteiger partial charge in [0.25, 0.3) is 0 Å². The zero-order chi connectivity index (χ0) is 10.9. The van der Waals surface area contributed by atoms with E-state index < -0.39 is 0 Å². The molecule has 0 spiro atoms. The van der Waals surface area contributed by atoms with Crippen molar-refractivity contribution in [2.45, 2.75) is 6.10 Å². The second-order valence-electron chi connectivity index (χ2n) is 3.82. The lowest BCUT2D eigenvalue weighted by Gasteiger charge is -2.30. The summed E-state index contributed by atoms with van der Waals surface area (Å²) >= 11 is 1.91. The standard InChI is InChI=1S/C11H22N2OS/c1-3-7-15-8-4-12-9-11-10-13(2)5-6-14-11/h3,11-12H,1,4-10H2,2H3. The third-order valence-electron chi connectivity index (χ3n) is 2.37. The number of thioether (sulfide) groups is 1. The van der Waals surface area contributed by atoms with Crippen molar-refractivity contribution in [2.75, 3.05) is 51.3 Å². The smallest absolute Gasteiger partial charge is 0.0826 e. The molecule has 1 N–H and O–H groups in total. The normalized spacial score (nSPS) is 22.9. The summed E-state index contributed by atoms with van der Waals surface area (Å²) in [7, 11) is 2.15. The van der Waals surface area contributed by atoms with Gasteiger partial charge in [0.05, 0.1) is 12.7 Å². The molecule has 1 aliphatic heterocycles. The molecule has 1 unspecified atom stereocenters. The van der Waals surface area contributed by atoms with E-state index in [2.05, 4.69) is 23.8 Å². The Morgan fingerprint density at radius 3 is 3.27 bits per heavy atom. The van der Waals surface area contributed by atoms with E-state index in [1.54, 1.807) is 0 Å². The van der Waals surface area contributed by atoms with Crippen LogP contribution >= 0.6 is 11.8 Å². The van der Waals surface area contributed by atoms with Crippen LogP contribution in [0.4, 0.5) is 0 Å². The number of rotatable bonds is 7. The van der Waals surface area contributed by atoms with E-state index in [0.717, 1.165) is 44.3 Å². The van der Waals surface area contributed by atoms with Crippen LogP contribution in [-0.2, 0) is 4.74 Å². The molecule has 1 aliphatic rings. The number of likely N-dealkylation sites (N-methyl/N-ethyl adjacent to an activating group) is 1. The topological polar surface area (TPSA) is 24.5 Å². The summed E-state index contributed by atoms with van der Waals surface area (Å²) in [4.78, 5) is 2.32. The highest BCUT2D eigenvalue weighted by atomic mass is 32.2. The van der Waals surface area contributed by atoms with Crippen molar-refractivity contribution in [3.05, 3.63) is 12.7 Å². The highest BCUT2D eigenvalue weighted by Crippen LogP contribution is 2.02. The Kier molecular flexibility index (Phi) is 7.09. The van der Waals surface area contributed by atoms with Crippen LogP contribution in [0, 0.1) is 0 Å². The highest BCUT2D eigenvalue weighted by molar-refractivity contribution is 7.99. The lowest BCUT2D eigenvalue weighted by Crippen LogP contribution is -2.45. The molecule has 0 bridgehead atoms. The quantitative estimate of drug-likeness (QED) is 0.517. The number of ether oxygens (including phenoxy) is 1. The van der Waals surface area contributed by atoms with Crippen molar-refractivity contribution in [2.24, 2.45) is 0 Å². The predicted molar refractivity (Wildman–Crippen MR) is 67.6 cm³/mol. The van der Waals surface area contributed by atoms with Crippen LogP contribution in [-0.4, -0.2) is 62.3 Å². The first-order valence-electron chi connectivity index (χ1n) is 5.52. The minimum absolute atomic E-state index is 0.369. The zero-order valence-electron chi connectivity index (χ0n) is 9.58. The van der Waals surface area contributed by atoms with Gasteiger partial charge in [0.2, 0.25) is 0 Å². The lowest BCUT2D eigenvalue weighted by atomic mass is 10.3. The van der Waals surface area contributed by atoms with Gasteiger partial charge in [-0.25, -0.2) is 0 Å². The largest absolute Gasteiger partial charge is 0.374 e. The van der Waals surface area contributed by atoms with Gasteiger partial charge in [0.15, 0.2) is 0 Å². The van der Waals surface area contributed by atoms with Gasteiger partial charge in [-0.3, -0.25) is 0 Å². The zero-order valence-corrected chi connectivity index (χ0v) is 10.4. The Bertz CT molecular complexity index is 178. The first-order chi connectivity index (χ1) is 7.33. The molecule has 1 saturated heterocycles. The molecule has 3 nitrogen and oxygen atoms in total.